The van der Waals surface area contributed by atoms with E-state index < -0.39 is 10.0 Å². The molecule has 0 aromatic heterocycles. The molecule has 0 aliphatic carbocycles. The van der Waals surface area contributed by atoms with E-state index in [1.807, 2.05) is 19.9 Å². The predicted octanol–water partition coefficient (Wildman–Crippen LogP) is 1.67. The summed E-state index contributed by atoms with van der Waals surface area (Å²) in [7, 11) is -3.35. The van der Waals surface area contributed by atoms with E-state index in [1.54, 1.807) is 25.1 Å². The fourth-order valence-corrected chi connectivity index (χ4v) is 2.73. The summed E-state index contributed by atoms with van der Waals surface area (Å²) in [6.07, 6.45) is 0.0292. The Labute approximate surface area is 115 Å². The van der Waals surface area contributed by atoms with Crippen LogP contribution < -0.4 is 10.5 Å². The number of benzene rings is 1. The molecule has 1 unspecified atom stereocenters. The highest BCUT2D eigenvalue weighted by Crippen LogP contribution is 2.16. The van der Waals surface area contributed by atoms with Gasteiger partial charge in [0.05, 0.1) is 18.5 Å². The van der Waals surface area contributed by atoms with Crippen molar-refractivity contribution < 1.29 is 13.2 Å². The highest BCUT2D eigenvalue weighted by atomic mass is 32.2. The molecular formula is C13H22N2O3S. The van der Waals surface area contributed by atoms with Crippen molar-refractivity contribution in [3.05, 3.63) is 29.8 Å². The van der Waals surface area contributed by atoms with E-state index in [2.05, 4.69) is 4.72 Å². The Kier molecular flexibility index (Phi) is 5.78. The largest absolute Gasteiger partial charge is 0.399 e. The normalized spacial score (nSPS) is 13.7. The van der Waals surface area contributed by atoms with Crippen molar-refractivity contribution in [2.24, 2.45) is 0 Å². The maximum Gasteiger partial charge on any atom is 0.214 e. The highest BCUT2D eigenvalue weighted by molar-refractivity contribution is 7.89. The van der Waals surface area contributed by atoms with Gasteiger partial charge >= 0.3 is 0 Å². The molecule has 0 radical (unpaired) electrons. The third-order valence-corrected chi connectivity index (χ3v) is 3.99. The minimum atomic E-state index is -3.35. The average molecular weight is 286 g/mol. The number of rotatable bonds is 7. The molecule has 0 fully saturated rings. The first-order valence-corrected chi connectivity index (χ1v) is 7.92. The number of anilines is 1. The predicted molar refractivity (Wildman–Crippen MR) is 77.3 cm³/mol. The highest BCUT2D eigenvalue weighted by Gasteiger charge is 2.16. The lowest BCUT2D eigenvalue weighted by molar-refractivity contribution is 0.0911. The van der Waals surface area contributed by atoms with Crippen LogP contribution in [-0.4, -0.2) is 26.9 Å². The Hall–Kier alpha value is -1.11. The molecule has 1 aromatic rings. The van der Waals surface area contributed by atoms with Gasteiger partial charge in [0.2, 0.25) is 10.0 Å². The molecule has 108 valence electrons. The standard InChI is InChI=1S/C13H22N2O3S/c1-10(2)18-7-8-19(16,17)15-11(3)12-5-4-6-13(14)9-12/h4-6,9-11,15H,7-8,14H2,1-3H3. The molecule has 6 heteroatoms. The Morgan fingerprint density at radius 1 is 1.32 bits per heavy atom. The van der Waals surface area contributed by atoms with E-state index in [9.17, 15) is 8.42 Å². The molecule has 19 heavy (non-hydrogen) atoms. The second kappa shape index (κ2) is 6.88. The van der Waals surface area contributed by atoms with Crippen LogP contribution in [0.5, 0.6) is 0 Å². The molecule has 5 nitrogen and oxygen atoms in total. The summed E-state index contributed by atoms with van der Waals surface area (Å²) < 4.78 is 31.6. The van der Waals surface area contributed by atoms with Crippen molar-refractivity contribution in [2.75, 3.05) is 18.1 Å². The van der Waals surface area contributed by atoms with E-state index in [0.717, 1.165) is 5.56 Å². The summed E-state index contributed by atoms with van der Waals surface area (Å²) in [5.41, 5.74) is 7.13. The fourth-order valence-electron chi connectivity index (χ4n) is 1.62. The molecule has 0 aliphatic heterocycles. The topological polar surface area (TPSA) is 81.4 Å². The van der Waals surface area contributed by atoms with Gasteiger partial charge in [0.15, 0.2) is 0 Å². The third kappa shape index (κ3) is 6.04. The molecule has 3 N–H and O–H groups in total. The zero-order valence-electron chi connectivity index (χ0n) is 11.6. The van der Waals surface area contributed by atoms with E-state index in [1.165, 1.54) is 0 Å². The van der Waals surface area contributed by atoms with Gasteiger partial charge in [-0.05, 0) is 38.5 Å². The number of nitrogens with one attached hydrogen (secondary N) is 1. The van der Waals surface area contributed by atoms with Gasteiger partial charge in [0.1, 0.15) is 0 Å². The third-order valence-electron chi connectivity index (χ3n) is 2.57. The van der Waals surface area contributed by atoms with E-state index in [4.69, 9.17) is 10.5 Å². The molecule has 0 spiro atoms. The first-order chi connectivity index (χ1) is 8.80. The molecule has 0 saturated heterocycles. The van der Waals surface area contributed by atoms with Crippen molar-refractivity contribution in [1.29, 1.82) is 0 Å². The molecule has 0 amide bonds. The van der Waals surface area contributed by atoms with Crippen LogP contribution in [0, 0.1) is 0 Å². The van der Waals surface area contributed by atoms with Crippen molar-refractivity contribution >= 4 is 15.7 Å². The maximum absolute atomic E-state index is 11.9. The van der Waals surface area contributed by atoms with Crippen molar-refractivity contribution in [3.8, 4) is 0 Å². The first kappa shape index (κ1) is 15.9. The van der Waals surface area contributed by atoms with Crippen molar-refractivity contribution in [2.45, 2.75) is 32.9 Å². The average Bonchev–Trinajstić information content (AvgIpc) is 2.27. The number of sulfonamides is 1. The number of nitrogen functional groups attached to an aromatic ring is 1. The van der Waals surface area contributed by atoms with Gasteiger partial charge in [-0.2, -0.15) is 0 Å². The summed E-state index contributed by atoms with van der Waals surface area (Å²) in [6.45, 7) is 5.72. The Morgan fingerprint density at radius 3 is 2.58 bits per heavy atom. The van der Waals surface area contributed by atoms with Gasteiger partial charge in [0.25, 0.3) is 0 Å². The van der Waals surface area contributed by atoms with Crippen LogP contribution in [0.4, 0.5) is 5.69 Å². The summed E-state index contributed by atoms with van der Waals surface area (Å²) in [5, 5.41) is 0. The summed E-state index contributed by atoms with van der Waals surface area (Å²) in [4.78, 5) is 0. The lowest BCUT2D eigenvalue weighted by atomic mass is 10.1. The van der Waals surface area contributed by atoms with Crippen LogP contribution in [0.2, 0.25) is 0 Å². The Balaban J connectivity index is 2.57. The van der Waals surface area contributed by atoms with Gasteiger partial charge < -0.3 is 10.5 Å². The summed E-state index contributed by atoms with van der Waals surface area (Å²) in [5.74, 6) is -0.0438. The van der Waals surface area contributed by atoms with E-state index in [-0.39, 0.29) is 24.5 Å². The zero-order chi connectivity index (χ0) is 14.5. The number of hydrogen-bond donors (Lipinski definition) is 2. The molecule has 0 heterocycles. The van der Waals surface area contributed by atoms with E-state index >= 15 is 0 Å². The Bertz CT molecular complexity index is 500. The lowest BCUT2D eigenvalue weighted by Gasteiger charge is -2.15. The molecule has 1 rings (SSSR count). The molecule has 0 saturated carbocycles. The molecule has 1 aromatic carbocycles. The second-order valence-electron chi connectivity index (χ2n) is 4.75. The smallest absolute Gasteiger partial charge is 0.214 e. The van der Waals surface area contributed by atoms with Gasteiger partial charge in [-0.25, -0.2) is 13.1 Å². The zero-order valence-corrected chi connectivity index (χ0v) is 12.4. The van der Waals surface area contributed by atoms with Crippen LogP contribution in [0.25, 0.3) is 0 Å². The van der Waals surface area contributed by atoms with Gasteiger partial charge in [-0.15, -0.1) is 0 Å². The van der Waals surface area contributed by atoms with Gasteiger partial charge in [0, 0.05) is 11.7 Å². The van der Waals surface area contributed by atoms with Crippen LogP contribution in [0.15, 0.2) is 24.3 Å². The fraction of sp³-hybridized carbons (Fsp3) is 0.538. The number of ether oxygens (including phenoxy) is 1. The van der Waals surface area contributed by atoms with Gasteiger partial charge in [-0.3, -0.25) is 0 Å². The SMILES string of the molecule is CC(C)OCCS(=O)(=O)NC(C)c1cccc(N)c1. The summed E-state index contributed by atoms with van der Waals surface area (Å²) in [6, 6.07) is 6.86. The second-order valence-corrected chi connectivity index (χ2v) is 6.62. The number of nitrogens with two attached hydrogens (primary N) is 1. The van der Waals surface area contributed by atoms with Crippen molar-refractivity contribution in [1.82, 2.24) is 4.72 Å². The Morgan fingerprint density at radius 2 is 2.00 bits per heavy atom. The minimum absolute atomic E-state index is 0.0292. The van der Waals surface area contributed by atoms with Crippen LogP contribution in [0.3, 0.4) is 0 Å². The molecular weight excluding hydrogens is 264 g/mol. The van der Waals surface area contributed by atoms with Crippen molar-refractivity contribution in [3.63, 3.8) is 0 Å². The monoisotopic (exact) mass is 286 g/mol. The van der Waals surface area contributed by atoms with Crippen LogP contribution >= 0.6 is 0 Å². The van der Waals surface area contributed by atoms with Gasteiger partial charge in [-0.1, -0.05) is 12.1 Å². The molecule has 0 aliphatic rings. The van der Waals surface area contributed by atoms with Crippen LogP contribution in [-0.2, 0) is 14.8 Å². The maximum atomic E-state index is 11.9. The molecule has 0 bridgehead atoms. The number of hydrogen-bond acceptors (Lipinski definition) is 4. The first-order valence-electron chi connectivity index (χ1n) is 6.27. The van der Waals surface area contributed by atoms with E-state index in [0.29, 0.717) is 5.69 Å². The minimum Gasteiger partial charge on any atom is -0.399 e. The summed E-state index contributed by atoms with van der Waals surface area (Å²) >= 11 is 0. The van der Waals surface area contributed by atoms with Crippen LogP contribution in [0.1, 0.15) is 32.4 Å². The molecule has 1 atom stereocenters. The lowest BCUT2D eigenvalue weighted by Crippen LogP contribution is -2.31. The quantitative estimate of drug-likeness (QED) is 0.747.